The summed E-state index contributed by atoms with van der Waals surface area (Å²) in [6.45, 7) is 1.54. The smallest absolute Gasteiger partial charge is 0.310 e. The SMILES string of the molecule is COc1cc(CC(=O)OCC(=O)N[C@@H](C)c2cccs2)cc(OC)c1OC. The minimum atomic E-state index is -0.525. The third-order valence-corrected chi connectivity index (χ3v) is 4.84. The molecule has 0 aliphatic carbocycles. The lowest BCUT2D eigenvalue weighted by Crippen LogP contribution is -2.31. The van der Waals surface area contributed by atoms with Crippen molar-refractivity contribution < 1.29 is 28.5 Å². The number of rotatable bonds is 9. The number of ether oxygens (including phenoxy) is 4. The Morgan fingerprint density at radius 3 is 2.30 bits per heavy atom. The molecule has 0 aliphatic rings. The molecule has 0 saturated heterocycles. The molecule has 8 heteroatoms. The van der Waals surface area contributed by atoms with Crippen LogP contribution in [0.4, 0.5) is 0 Å². The topological polar surface area (TPSA) is 83.1 Å². The predicted molar refractivity (Wildman–Crippen MR) is 102 cm³/mol. The Morgan fingerprint density at radius 2 is 1.78 bits per heavy atom. The van der Waals surface area contributed by atoms with Gasteiger partial charge in [0.15, 0.2) is 18.1 Å². The van der Waals surface area contributed by atoms with E-state index in [4.69, 9.17) is 18.9 Å². The second kappa shape index (κ2) is 9.82. The molecule has 2 rings (SSSR count). The Hall–Kier alpha value is -2.74. The van der Waals surface area contributed by atoms with Gasteiger partial charge in [-0.2, -0.15) is 0 Å². The van der Waals surface area contributed by atoms with Gasteiger partial charge in [0.25, 0.3) is 5.91 Å². The maximum atomic E-state index is 12.1. The van der Waals surface area contributed by atoms with Crippen molar-refractivity contribution in [3.63, 3.8) is 0 Å². The third-order valence-electron chi connectivity index (χ3n) is 3.78. The maximum absolute atomic E-state index is 12.1. The van der Waals surface area contributed by atoms with E-state index in [1.165, 1.54) is 21.3 Å². The van der Waals surface area contributed by atoms with E-state index in [-0.39, 0.29) is 25.0 Å². The Morgan fingerprint density at radius 1 is 1.11 bits per heavy atom. The highest BCUT2D eigenvalue weighted by Gasteiger charge is 2.17. The van der Waals surface area contributed by atoms with Crippen LogP contribution in [0.2, 0.25) is 0 Å². The number of thiophene rings is 1. The molecular weight excluding hydrogens is 370 g/mol. The minimum absolute atomic E-state index is 0.0233. The minimum Gasteiger partial charge on any atom is -0.493 e. The molecule has 0 unspecified atom stereocenters. The summed E-state index contributed by atoms with van der Waals surface area (Å²) >= 11 is 1.55. The van der Waals surface area contributed by atoms with Crippen LogP contribution in [0.3, 0.4) is 0 Å². The van der Waals surface area contributed by atoms with Crippen LogP contribution in [0.1, 0.15) is 23.4 Å². The summed E-state index contributed by atoms with van der Waals surface area (Å²) in [7, 11) is 4.50. The first-order valence-corrected chi connectivity index (χ1v) is 9.13. The van der Waals surface area contributed by atoms with Gasteiger partial charge < -0.3 is 24.3 Å². The summed E-state index contributed by atoms with van der Waals surface area (Å²) in [6.07, 6.45) is -0.0233. The first-order chi connectivity index (χ1) is 13.0. The van der Waals surface area contributed by atoms with Crippen molar-refractivity contribution in [2.45, 2.75) is 19.4 Å². The fraction of sp³-hybridized carbons (Fsp3) is 0.368. The van der Waals surface area contributed by atoms with Gasteiger partial charge in [-0.05, 0) is 36.1 Å². The summed E-state index contributed by atoms with van der Waals surface area (Å²) in [5, 5.41) is 4.73. The molecule has 7 nitrogen and oxygen atoms in total. The molecule has 1 N–H and O–H groups in total. The van der Waals surface area contributed by atoms with Crippen LogP contribution in [0.25, 0.3) is 0 Å². The molecule has 1 aromatic carbocycles. The molecule has 1 heterocycles. The number of nitrogens with one attached hydrogen (secondary N) is 1. The van der Waals surface area contributed by atoms with Crippen LogP contribution in [-0.4, -0.2) is 39.8 Å². The molecule has 1 atom stereocenters. The van der Waals surface area contributed by atoms with Gasteiger partial charge >= 0.3 is 5.97 Å². The molecule has 0 aliphatic heterocycles. The Balaban J connectivity index is 1.90. The number of hydrogen-bond donors (Lipinski definition) is 1. The van der Waals surface area contributed by atoms with Gasteiger partial charge in [-0.1, -0.05) is 6.07 Å². The fourth-order valence-electron chi connectivity index (χ4n) is 2.49. The summed E-state index contributed by atoms with van der Waals surface area (Å²) in [4.78, 5) is 25.1. The molecule has 146 valence electrons. The van der Waals surface area contributed by atoms with E-state index in [1.54, 1.807) is 23.5 Å². The van der Waals surface area contributed by atoms with Crippen molar-refractivity contribution in [3.8, 4) is 17.2 Å². The highest BCUT2D eigenvalue weighted by Crippen LogP contribution is 2.38. The quantitative estimate of drug-likeness (QED) is 0.660. The van der Waals surface area contributed by atoms with Gasteiger partial charge in [-0.15, -0.1) is 11.3 Å². The molecule has 0 bridgehead atoms. The molecule has 0 fully saturated rings. The molecule has 2 aromatic rings. The van der Waals surface area contributed by atoms with E-state index in [0.717, 1.165) is 4.88 Å². The van der Waals surface area contributed by atoms with Crippen LogP contribution in [0.15, 0.2) is 29.6 Å². The number of benzene rings is 1. The van der Waals surface area contributed by atoms with Gasteiger partial charge in [0.2, 0.25) is 5.75 Å². The van der Waals surface area contributed by atoms with Crippen LogP contribution < -0.4 is 19.5 Å². The number of carbonyl (C=O) groups excluding carboxylic acids is 2. The fourth-order valence-corrected chi connectivity index (χ4v) is 3.23. The predicted octanol–water partition coefficient (Wildman–Crippen LogP) is 2.74. The zero-order chi connectivity index (χ0) is 19.8. The maximum Gasteiger partial charge on any atom is 0.310 e. The number of esters is 1. The highest BCUT2D eigenvalue weighted by atomic mass is 32.1. The zero-order valence-electron chi connectivity index (χ0n) is 15.7. The first-order valence-electron chi connectivity index (χ1n) is 8.25. The van der Waals surface area contributed by atoms with Crippen LogP contribution in [0.5, 0.6) is 17.2 Å². The average Bonchev–Trinajstić information content (AvgIpc) is 3.20. The van der Waals surface area contributed by atoms with E-state index in [1.807, 2.05) is 24.4 Å². The molecule has 1 aromatic heterocycles. The summed E-state index contributed by atoms with van der Waals surface area (Å²) in [5.41, 5.74) is 0.627. The summed E-state index contributed by atoms with van der Waals surface area (Å²) < 4.78 is 20.8. The summed E-state index contributed by atoms with van der Waals surface area (Å²) in [5.74, 6) is 0.459. The highest BCUT2D eigenvalue weighted by molar-refractivity contribution is 7.10. The lowest BCUT2D eigenvalue weighted by atomic mass is 10.1. The molecule has 0 saturated carbocycles. The molecule has 0 radical (unpaired) electrons. The average molecular weight is 393 g/mol. The molecular formula is C19H23NO6S. The number of methoxy groups -OCH3 is 3. The standard InChI is InChI=1S/C19H23NO6S/c1-12(16-6-5-7-27-16)20-17(21)11-26-18(22)10-13-8-14(23-2)19(25-4)15(9-13)24-3/h5-9,12H,10-11H2,1-4H3,(H,20,21)/t12-/m0/s1. The Bertz CT molecular complexity index is 750. The van der Waals surface area contributed by atoms with E-state index in [0.29, 0.717) is 22.8 Å². The lowest BCUT2D eigenvalue weighted by Gasteiger charge is -2.14. The van der Waals surface area contributed by atoms with Crippen molar-refractivity contribution in [1.82, 2.24) is 5.32 Å². The van der Waals surface area contributed by atoms with Crippen molar-refractivity contribution in [3.05, 3.63) is 40.1 Å². The normalized spacial score (nSPS) is 11.4. The van der Waals surface area contributed by atoms with Gasteiger partial charge in [-0.3, -0.25) is 9.59 Å². The van der Waals surface area contributed by atoms with Gasteiger partial charge in [0.1, 0.15) is 0 Å². The van der Waals surface area contributed by atoms with E-state index in [2.05, 4.69) is 5.32 Å². The number of amides is 1. The lowest BCUT2D eigenvalue weighted by molar-refractivity contribution is -0.148. The third kappa shape index (κ3) is 5.62. The van der Waals surface area contributed by atoms with Crippen molar-refractivity contribution in [2.24, 2.45) is 0 Å². The van der Waals surface area contributed by atoms with Crippen LogP contribution in [-0.2, 0) is 20.7 Å². The largest absolute Gasteiger partial charge is 0.493 e. The number of carbonyl (C=O) groups is 2. The van der Waals surface area contributed by atoms with Gasteiger partial charge in [0.05, 0.1) is 33.8 Å². The second-order valence-electron chi connectivity index (χ2n) is 5.68. The van der Waals surface area contributed by atoms with Crippen molar-refractivity contribution in [2.75, 3.05) is 27.9 Å². The second-order valence-corrected chi connectivity index (χ2v) is 6.65. The van der Waals surface area contributed by atoms with E-state index in [9.17, 15) is 9.59 Å². The van der Waals surface area contributed by atoms with Gasteiger partial charge in [-0.25, -0.2) is 0 Å². The van der Waals surface area contributed by atoms with Crippen molar-refractivity contribution in [1.29, 1.82) is 0 Å². The molecule has 1 amide bonds. The molecule has 27 heavy (non-hydrogen) atoms. The zero-order valence-corrected chi connectivity index (χ0v) is 16.6. The number of hydrogen-bond acceptors (Lipinski definition) is 7. The Labute approximate surface area is 162 Å². The van der Waals surface area contributed by atoms with E-state index < -0.39 is 5.97 Å². The van der Waals surface area contributed by atoms with Crippen molar-refractivity contribution >= 4 is 23.2 Å². The van der Waals surface area contributed by atoms with Crippen LogP contribution >= 0.6 is 11.3 Å². The summed E-state index contributed by atoms with van der Waals surface area (Å²) in [6, 6.07) is 7.06. The molecule has 0 spiro atoms. The van der Waals surface area contributed by atoms with Crippen LogP contribution in [0, 0.1) is 0 Å². The first kappa shape index (κ1) is 20.6. The Kier molecular flexibility index (Phi) is 7.48. The monoisotopic (exact) mass is 393 g/mol. The van der Waals surface area contributed by atoms with Gasteiger partial charge in [0, 0.05) is 4.88 Å². The van der Waals surface area contributed by atoms with E-state index >= 15 is 0 Å².